The van der Waals surface area contributed by atoms with E-state index >= 15 is 0 Å². The predicted molar refractivity (Wildman–Crippen MR) is 171 cm³/mol. The molecule has 42 heavy (non-hydrogen) atoms. The highest BCUT2D eigenvalue weighted by Gasteiger charge is 2.21. The van der Waals surface area contributed by atoms with Gasteiger partial charge in [-0.05, 0) is 86.1 Å². The average Bonchev–Trinajstić information content (AvgIpc) is 2.99. The summed E-state index contributed by atoms with van der Waals surface area (Å²) in [5.74, 6) is 0.0882. The van der Waals surface area contributed by atoms with Crippen LogP contribution in [-0.4, -0.2) is 67.7 Å². The zero-order valence-electron chi connectivity index (χ0n) is 24.3. The molecule has 0 amide bonds. The van der Waals surface area contributed by atoms with E-state index in [1.54, 1.807) is 6.07 Å². The summed E-state index contributed by atoms with van der Waals surface area (Å²) in [6.07, 6.45) is 1.85. The summed E-state index contributed by atoms with van der Waals surface area (Å²) in [6, 6.07) is 29.9. The van der Waals surface area contributed by atoms with Crippen LogP contribution < -0.4 is 9.64 Å². The Morgan fingerprint density at radius 3 is 2.26 bits per heavy atom. The average molecular weight is 584 g/mol. The van der Waals surface area contributed by atoms with E-state index in [9.17, 15) is 9.90 Å². The van der Waals surface area contributed by atoms with E-state index in [1.165, 1.54) is 16.7 Å². The van der Waals surface area contributed by atoms with Gasteiger partial charge in [-0.25, -0.2) is 4.79 Å². The Labute approximate surface area is 253 Å². The van der Waals surface area contributed by atoms with Crippen LogP contribution in [0.15, 0.2) is 91.0 Å². The van der Waals surface area contributed by atoms with Crippen LogP contribution in [0.1, 0.15) is 27.9 Å². The minimum absolute atomic E-state index is 0.166. The molecule has 4 aromatic carbocycles. The number of aryl methyl sites for hydroxylation is 1. The Bertz CT molecular complexity index is 1500. The molecule has 6 nitrogen and oxygen atoms in total. The third-order valence-corrected chi connectivity index (χ3v) is 8.00. The molecule has 1 aliphatic heterocycles. The Morgan fingerprint density at radius 2 is 1.55 bits per heavy atom. The van der Waals surface area contributed by atoms with Gasteiger partial charge >= 0.3 is 5.97 Å². The Hall–Kier alpha value is -3.84. The van der Waals surface area contributed by atoms with Gasteiger partial charge in [0.1, 0.15) is 17.1 Å². The number of halogens is 1. The van der Waals surface area contributed by atoms with Crippen molar-refractivity contribution < 1.29 is 14.6 Å². The van der Waals surface area contributed by atoms with Gasteiger partial charge in [0.25, 0.3) is 0 Å². The largest absolute Gasteiger partial charge is 0.478 e. The summed E-state index contributed by atoms with van der Waals surface area (Å²) in [7, 11) is 4.13. The molecule has 1 saturated heterocycles. The molecule has 0 atom stereocenters. The fourth-order valence-electron chi connectivity index (χ4n) is 5.46. The number of hydrogen-bond donors (Lipinski definition) is 1. The number of carboxylic acid groups (broad SMARTS) is 1. The Morgan fingerprint density at radius 1 is 0.857 bits per heavy atom. The van der Waals surface area contributed by atoms with Crippen molar-refractivity contribution >= 4 is 23.3 Å². The zero-order valence-corrected chi connectivity index (χ0v) is 25.1. The number of para-hydroxylation sites is 1. The molecule has 1 heterocycles. The zero-order chi connectivity index (χ0) is 29.5. The van der Waals surface area contributed by atoms with Crippen molar-refractivity contribution in [1.29, 1.82) is 0 Å². The Balaban J connectivity index is 1.27. The Kier molecular flexibility index (Phi) is 9.80. The van der Waals surface area contributed by atoms with Crippen molar-refractivity contribution in [2.24, 2.45) is 0 Å². The number of piperazine rings is 1. The van der Waals surface area contributed by atoms with Crippen molar-refractivity contribution in [2.45, 2.75) is 19.4 Å². The minimum atomic E-state index is -0.995. The van der Waals surface area contributed by atoms with E-state index in [0.717, 1.165) is 68.4 Å². The first kappa shape index (κ1) is 29.6. The minimum Gasteiger partial charge on any atom is -0.478 e. The van der Waals surface area contributed by atoms with E-state index in [1.807, 2.05) is 42.5 Å². The van der Waals surface area contributed by atoms with Gasteiger partial charge in [0, 0.05) is 49.5 Å². The molecule has 1 aliphatic rings. The summed E-state index contributed by atoms with van der Waals surface area (Å²) in [4.78, 5) is 19.0. The quantitative estimate of drug-likeness (QED) is 0.200. The molecule has 0 aliphatic carbocycles. The SMILES string of the molecule is CN(C)CCCc1ccccc1Oc1cc(N2CCN(Cc3ccccc3-c3ccc(Cl)cc3)CC2)ccc1C(=O)O. The van der Waals surface area contributed by atoms with Crippen molar-refractivity contribution in [1.82, 2.24) is 9.80 Å². The van der Waals surface area contributed by atoms with E-state index < -0.39 is 5.97 Å². The van der Waals surface area contributed by atoms with Crippen LogP contribution in [0.25, 0.3) is 11.1 Å². The number of carboxylic acids is 1. The number of anilines is 1. The first-order valence-corrected chi connectivity index (χ1v) is 14.8. The molecule has 0 bridgehead atoms. The molecule has 0 saturated carbocycles. The monoisotopic (exact) mass is 583 g/mol. The van der Waals surface area contributed by atoms with Crippen molar-refractivity contribution in [3.05, 3.63) is 113 Å². The number of nitrogens with zero attached hydrogens (tertiary/aromatic N) is 3. The molecule has 5 rings (SSSR count). The van der Waals surface area contributed by atoms with E-state index in [-0.39, 0.29) is 5.56 Å². The molecule has 1 N–H and O–H groups in total. The van der Waals surface area contributed by atoms with Gasteiger partial charge < -0.3 is 19.6 Å². The lowest BCUT2D eigenvalue weighted by atomic mass is 9.99. The number of hydrogen-bond acceptors (Lipinski definition) is 5. The molecule has 0 unspecified atom stereocenters. The van der Waals surface area contributed by atoms with E-state index in [0.29, 0.717) is 11.5 Å². The van der Waals surface area contributed by atoms with Crippen LogP contribution in [0.2, 0.25) is 5.02 Å². The van der Waals surface area contributed by atoms with Crippen LogP contribution in [0.5, 0.6) is 11.5 Å². The van der Waals surface area contributed by atoms with Crippen molar-refractivity contribution in [2.75, 3.05) is 51.7 Å². The van der Waals surface area contributed by atoms with Gasteiger partial charge in [0.2, 0.25) is 0 Å². The maximum Gasteiger partial charge on any atom is 0.339 e. The second kappa shape index (κ2) is 13.9. The molecule has 0 radical (unpaired) electrons. The number of ether oxygens (including phenoxy) is 1. The lowest BCUT2D eigenvalue weighted by Gasteiger charge is -2.36. The highest BCUT2D eigenvalue weighted by Crippen LogP contribution is 2.33. The van der Waals surface area contributed by atoms with E-state index in [4.69, 9.17) is 16.3 Å². The molecular weight excluding hydrogens is 546 g/mol. The van der Waals surface area contributed by atoms with Crippen LogP contribution in [0.3, 0.4) is 0 Å². The van der Waals surface area contributed by atoms with Crippen molar-refractivity contribution in [3.63, 3.8) is 0 Å². The first-order chi connectivity index (χ1) is 20.4. The van der Waals surface area contributed by atoms with Gasteiger partial charge in [-0.3, -0.25) is 4.90 Å². The molecule has 0 aromatic heterocycles. The fourth-order valence-corrected chi connectivity index (χ4v) is 5.58. The lowest BCUT2D eigenvalue weighted by molar-refractivity contribution is 0.0694. The third-order valence-electron chi connectivity index (χ3n) is 7.74. The number of benzene rings is 4. The maximum atomic E-state index is 12.1. The summed E-state index contributed by atoms with van der Waals surface area (Å²) >= 11 is 6.12. The molecule has 7 heteroatoms. The molecule has 218 valence electrons. The highest BCUT2D eigenvalue weighted by molar-refractivity contribution is 6.30. The first-order valence-electron chi connectivity index (χ1n) is 14.5. The van der Waals surface area contributed by atoms with Crippen LogP contribution in [0.4, 0.5) is 5.69 Å². The van der Waals surface area contributed by atoms with Gasteiger partial charge in [0.15, 0.2) is 0 Å². The van der Waals surface area contributed by atoms with E-state index in [2.05, 4.69) is 71.3 Å². The normalized spacial score (nSPS) is 13.9. The topological polar surface area (TPSA) is 56.2 Å². The van der Waals surface area contributed by atoms with Crippen LogP contribution in [-0.2, 0) is 13.0 Å². The number of carbonyl (C=O) groups is 1. The summed E-state index contributed by atoms with van der Waals surface area (Å²) < 4.78 is 6.31. The number of aromatic carboxylic acids is 1. The van der Waals surface area contributed by atoms with Gasteiger partial charge in [-0.2, -0.15) is 0 Å². The van der Waals surface area contributed by atoms with Gasteiger partial charge in [-0.1, -0.05) is 66.2 Å². The summed E-state index contributed by atoms with van der Waals surface area (Å²) in [6.45, 7) is 5.33. The molecule has 4 aromatic rings. The third kappa shape index (κ3) is 7.51. The molecular formula is C35H38ClN3O3. The second-order valence-electron chi connectivity index (χ2n) is 11.0. The summed E-state index contributed by atoms with van der Waals surface area (Å²) in [5.41, 5.74) is 5.90. The maximum absolute atomic E-state index is 12.1. The smallest absolute Gasteiger partial charge is 0.339 e. The van der Waals surface area contributed by atoms with Gasteiger partial charge in [-0.15, -0.1) is 0 Å². The van der Waals surface area contributed by atoms with Crippen LogP contribution in [0, 0.1) is 0 Å². The standard InChI is InChI=1S/C35H38ClN3O3/c1-37(2)19-7-10-27-8-4-6-12-33(27)42-34-24-30(17-18-32(34)35(40)41)39-22-20-38(21-23-39)25-28-9-3-5-11-31(28)26-13-15-29(36)16-14-26/h3-6,8-9,11-18,24H,7,10,19-23,25H2,1-2H3,(H,40,41). The molecule has 0 spiro atoms. The fraction of sp³-hybridized carbons (Fsp3) is 0.286. The van der Waals surface area contributed by atoms with Gasteiger partial charge in [0.05, 0.1) is 0 Å². The molecule has 1 fully saturated rings. The van der Waals surface area contributed by atoms with Crippen LogP contribution >= 0.6 is 11.6 Å². The highest BCUT2D eigenvalue weighted by atomic mass is 35.5. The second-order valence-corrected chi connectivity index (χ2v) is 11.5. The predicted octanol–water partition coefficient (Wildman–Crippen LogP) is 7.31. The van der Waals surface area contributed by atoms with Crippen molar-refractivity contribution in [3.8, 4) is 22.6 Å². The lowest BCUT2D eigenvalue weighted by Crippen LogP contribution is -2.46. The summed E-state index contributed by atoms with van der Waals surface area (Å²) in [5, 5.41) is 10.6. The number of rotatable bonds is 11.